The highest BCUT2D eigenvalue weighted by atomic mass is 16.5. The first-order valence-corrected chi connectivity index (χ1v) is 9.92. The Morgan fingerprint density at radius 3 is 2.67 bits per heavy atom. The van der Waals surface area contributed by atoms with Gasteiger partial charge in [-0.1, -0.05) is 6.92 Å². The highest BCUT2D eigenvalue weighted by Crippen LogP contribution is 2.40. The fourth-order valence-electron chi connectivity index (χ4n) is 3.98. The van der Waals surface area contributed by atoms with Gasteiger partial charge in [-0.2, -0.15) is 0 Å². The normalized spacial score (nSPS) is 19.6. The summed E-state index contributed by atoms with van der Waals surface area (Å²) in [5, 5.41) is 0. The predicted octanol–water partition coefficient (Wildman–Crippen LogP) is 1.94. The lowest BCUT2D eigenvalue weighted by Crippen LogP contribution is -2.52. The molecule has 0 N–H and O–H groups in total. The second-order valence-electron chi connectivity index (χ2n) is 7.83. The van der Waals surface area contributed by atoms with E-state index in [1.54, 1.807) is 12.4 Å². The van der Waals surface area contributed by atoms with Crippen molar-refractivity contribution in [1.82, 2.24) is 19.8 Å². The molecule has 0 saturated carbocycles. The summed E-state index contributed by atoms with van der Waals surface area (Å²) >= 11 is 0. The number of hydrogen-bond donors (Lipinski definition) is 0. The molecular formula is C20H30N4O3. The predicted molar refractivity (Wildman–Crippen MR) is 101 cm³/mol. The maximum Gasteiger partial charge on any atom is 0.248 e. The second-order valence-corrected chi connectivity index (χ2v) is 7.83. The number of hydrogen-bond acceptors (Lipinski definition) is 5. The number of carbonyl (C=O) groups is 2. The molecule has 148 valence electrons. The van der Waals surface area contributed by atoms with Gasteiger partial charge in [0.1, 0.15) is 6.61 Å². The van der Waals surface area contributed by atoms with E-state index in [0.29, 0.717) is 19.6 Å². The molecule has 0 atom stereocenters. The minimum Gasteiger partial charge on any atom is -0.372 e. The summed E-state index contributed by atoms with van der Waals surface area (Å²) in [6.07, 6.45) is 7.78. The number of ether oxygens (including phenoxy) is 1. The Bertz CT molecular complexity index is 654. The molecule has 2 saturated heterocycles. The molecule has 1 aromatic rings. The van der Waals surface area contributed by atoms with Crippen molar-refractivity contribution in [2.75, 3.05) is 32.8 Å². The average molecular weight is 374 g/mol. The van der Waals surface area contributed by atoms with Gasteiger partial charge in [-0.3, -0.25) is 19.6 Å². The van der Waals surface area contributed by atoms with Crippen LogP contribution < -0.4 is 0 Å². The number of nitrogens with zero attached hydrogens (tertiary/aromatic N) is 4. The van der Waals surface area contributed by atoms with Crippen molar-refractivity contribution in [3.8, 4) is 0 Å². The third kappa shape index (κ3) is 5.03. The molecule has 7 nitrogen and oxygen atoms in total. The fourth-order valence-corrected chi connectivity index (χ4v) is 3.98. The largest absolute Gasteiger partial charge is 0.372 e. The van der Waals surface area contributed by atoms with Gasteiger partial charge in [0, 0.05) is 38.9 Å². The van der Waals surface area contributed by atoms with E-state index in [2.05, 4.69) is 9.97 Å². The summed E-state index contributed by atoms with van der Waals surface area (Å²) in [4.78, 5) is 37.2. The Balaban J connectivity index is 1.55. The molecule has 3 heterocycles. The molecule has 27 heavy (non-hydrogen) atoms. The second kappa shape index (κ2) is 8.78. The standard InChI is InChI=1S/C20H30N4O3/c1-3-10-27-14-19(26)23-8-6-20(7-9-23)5-4-18(25)24(15-20)13-17-12-21-16(2)11-22-17/h11-12H,3-10,13-15H2,1-2H3. The Morgan fingerprint density at radius 1 is 1.22 bits per heavy atom. The van der Waals surface area contributed by atoms with Gasteiger partial charge in [-0.05, 0) is 38.0 Å². The van der Waals surface area contributed by atoms with Gasteiger partial charge in [0.15, 0.2) is 0 Å². The molecule has 2 aliphatic heterocycles. The number of aryl methyl sites for hydroxylation is 1. The number of carbonyl (C=O) groups excluding carboxylic acids is 2. The van der Waals surface area contributed by atoms with E-state index in [1.807, 2.05) is 23.6 Å². The topological polar surface area (TPSA) is 75.6 Å². The van der Waals surface area contributed by atoms with Crippen LogP contribution in [0.3, 0.4) is 0 Å². The van der Waals surface area contributed by atoms with Gasteiger partial charge >= 0.3 is 0 Å². The minimum atomic E-state index is 0.0805. The molecule has 0 unspecified atom stereocenters. The van der Waals surface area contributed by atoms with Crippen LogP contribution in [0.25, 0.3) is 0 Å². The third-order valence-corrected chi connectivity index (χ3v) is 5.69. The van der Waals surface area contributed by atoms with Gasteiger partial charge in [-0.25, -0.2) is 0 Å². The zero-order valence-corrected chi connectivity index (χ0v) is 16.4. The molecule has 1 aromatic heterocycles. The number of piperidine rings is 2. The maximum absolute atomic E-state index is 12.4. The van der Waals surface area contributed by atoms with Crippen LogP contribution in [-0.4, -0.2) is 64.4 Å². The lowest BCUT2D eigenvalue weighted by atomic mass is 9.72. The summed E-state index contributed by atoms with van der Waals surface area (Å²) in [5.74, 6) is 0.270. The molecule has 3 rings (SSSR count). The molecule has 0 radical (unpaired) electrons. The molecule has 0 bridgehead atoms. The van der Waals surface area contributed by atoms with Crippen LogP contribution in [0.1, 0.15) is 50.4 Å². The van der Waals surface area contributed by atoms with E-state index in [9.17, 15) is 9.59 Å². The average Bonchev–Trinajstić information content (AvgIpc) is 2.67. The Morgan fingerprint density at radius 2 is 2.00 bits per heavy atom. The first kappa shape index (κ1) is 19.7. The van der Waals surface area contributed by atoms with Crippen molar-refractivity contribution in [2.45, 2.75) is 52.5 Å². The first-order valence-electron chi connectivity index (χ1n) is 9.92. The first-order chi connectivity index (χ1) is 13.0. The van der Waals surface area contributed by atoms with Gasteiger partial charge in [-0.15, -0.1) is 0 Å². The number of likely N-dealkylation sites (tertiary alicyclic amines) is 2. The lowest BCUT2D eigenvalue weighted by Gasteiger charge is -2.47. The molecule has 1 spiro atoms. The molecule has 0 aliphatic carbocycles. The maximum atomic E-state index is 12.4. The number of rotatable bonds is 6. The van der Waals surface area contributed by atoms with E-state index in [4.69, 9.17) is 4.74 Å². The fraction of sp³-hybridized carbons (Fsp3) is 0.700. The van der Waals surface area contributed by atoms with Crippen LogP contribution in [0.15, 0.2) is 12.4 Å². The lowest BCUT2D eigenvalue weighted by molar-refractivity contribution is -0.145. The molecule has 0 aromatic carbocycles. The van der Waals surface area contributed by atoms with Gasteiger partial charge in [0.25, 0.3) is 0 Å². The van der Waals surface area contributed by atoms with Crippen molar-refractivity contribution in [1.29, 1.82) is 0 Å². The van der Waals surface area contributed by atoms with Crippen LogP contribution >= 0.6 is 0 Å². The molecule has 7 heteroatoms. The summed E-state index contributed by atoms with van der Waals surface area (Å²) in [5.41, 5.74) is 1.82. The summed E-state index contributed by atoms with van der Waals surface area (Å²) in [6, 6.07) is 0. The zero-order chi connectivity index (χ0) is 19.3. The zero-order valence-electron chi connectivity index (χ0n) is 16.4. The van der Waals surface area contributed by atoms with Crippen LogP contribution in [0.2, 0.25) is 0 Å². The highest BCUT2D eigenvalue weighted by Gasteiger charge is 2.41. The van der Waals surface area contributed by atoms with E-state index in [0.717, 1.165) is 56.7 Å². The third-order valence-electron chi connectivity index (χ3n) is 5.69. The van der Waals surface area contributed by atoms with Crippen molar-refractivity contribution < 1.29 is 14.3 Å². The summed E-state index contributed by atoms with van der Waals surface area (Å²) in [7, 11) is 0. The van der Waals surface area contributed by atoms with Gasteiger partial charge in [0.05, 0.1) is 24.1 Å². The summed E-state index contributed by atoms with van der Waals surface area (Å²) < 4.78 is 5.38. The van der Waals surface area contributed by atoms with Crippen LogP contribution in [0.5, 0.6) is 0 Å². The monoisotopic (exact) mass is 374 g/mol. The molecular weight excluding hydrogens is 344 g/mol. The van der Waals surface area contributed by atoms with E-state index in [1.165, 1.54) is 0 Å². The highest BCUT2D eigenvalue weighted by molar-refractivity contribution is 5.78. The minimum absolute atomic E-state index is 0.0805. The van der Waals surface area contributed by atoms with Crippen molar-refractivity contribution in [3.05, 3.63) is 23.8 Å². The van der Waals surface area contributed by atoms with Crippen LogP contribution in [-0.2, 0) is 20.9 Å². The summed E-state index contributed by atoms with van der Waals surface area (Å²) in [6.45, 7) is 7.51. The van der Waals surface area contributed by atoms with Gasteiger partial charge in [0.2, 0.25) is 11.8 Å². The molecule has 2 amide bonds. The van der Waals surface area contributed by atoms with Crippen LogP contribution in [0, 0.1) is 12.3 Å². The van der Waals surface area contributed by atoms with E-state index >= 15 is 0 Å². The SMILES string of the molecule is CCCOCC(=O)N1CCC2(CCC(=O)N(Cc3cnc(C)cn3)C2)CC1. The van der Waals surface area contributed by atoms with Crippen molar-refractivity contribution >= 4 is 11.8 Å². The smallest absolute Gasteiger partial charge is 0.248 e. The number of amides is 2. The van der Waals surface area contributed by atoms with Crippen molar-refractivity contribution in [2.24, 2.45) is 5.41 Å². The molecule has 2 fully saturated rings. The van der Waals surface area contributed by atoms with Gasteiger partial charge < -0.3 is 14.5 Å². The number of aromatic nitrogens is 2. The quantitative estimate of drug-likeness (QED) is 0.712. The van der Waals surface area contributed by atoms with E-state index in [-0.39, 0.29) is 23.8 Å². The van der Waals surface area contributed by atoms with E-state index < -0.39 is 0 Å². The Labute approximate surface area is 161 Å². The Hall–Kier alpha value is -2.02. The van der Waals surface area contributed by atoms with Crippen molar-refractivity contribution in [3.63, 3.8) is 0 Å². The van der Waals surface area contributed by atoms with Crippen LogP contribution in [0.4, 0.5) is 0 Å². The Kier molecular flexibility index (Phi) is 6.42. The molecule has 2 aliphatic rings.